The third-order valence-corrected chi connectivity index (χ3v) is 2.15. The van der Waals surface area contributed by atoms with E-state index in [0.29, 0.717) is 4.88 Å². The van der Waals surface area contributed by atoms with Gasteiger partial charge in [0.1, 0.15) is 5.70 Å². The fourth-order valence-electron chi connectivity index (χ4n) is 0.761. The first-order valence-corrected chi connectivity index (χ1v) is 4.37. The number of rotatable bonds is 3. The van der Waals surface area contributed by atoms with Gasteiger partial charge >= 0.3 is 5.97 Å². The lowest BCUT2D eigenvalue weighted by atomic mass is 10.4. The minimum absolute atomic E-state index is 0.337. The van der Waals surface area contributed by atoms with Crippen LogP contribution in [0, 0.1) is 6.92 Å². The molecule has 0 aliphatic heterocycles. The number of azide groups is 1. The average Bonchev–Trinajstić information content (AvgIpc) is 2.50. The zero-order chi connectivity index (χ0) is 10.6. The Kier molecular flexibility index (Phi) is 3.22. The van der Waals surface area contributed by atoms with Crippen molar-refractivity contribution in [2.24, 2.45) is 5.11 Å². The van der Waals surface area contributed by atoms with E-state index >= 15 is 0 Å². The van der Waals surface area contributed by atoms with Crippen molar-refractivity contribution < 1.29 is 9.90 Å². The van der Waals surface area contributed by atoms with E-state index in [-0.39, 0.29) is 5.70 Å². The van der Waals surface area contributed by atoms with Crippen LogP contribution in [0.3, 0.4) is 0 Å². The highest BCUT2D eigenvalue weighted by atomic mass is 32.1. The molecule has 14 heavy (non-hydrogen) atoms. The number of carbonyl (C=O) groups is 1. The summed E-state index contributed by atoms with van der Waals surface area (Å²) in [6, 6.07) is 0. The van der Waals surface area contributed by atoms with Gasteiger partial charge in [-0.2, -0.15) is 0 Å². The molecule has 0 unspecified atom stereocenters. The zero-order valence-corrected chi connectivity index (χ0v) is 8.02. The molecule has 0 saturated heterocycles. The van der Waals surface area contributed by atoms with Crippen molar-refractivity contribution in [1.82, 2.24) is 4.98 Å². The number of hydrogen-bond acceptors (Lipinski definition) is 4. The van der Waals surface area contributed by atoms with Crippen LogP contribution in [-0.4, -0.2) is 16.1 Å². The molecule has 0 bridgehead atoms. The van der Waals surface area contributed by atoms with E-state index in [1.807, 2.05) is 0 Å². The molecule has 0 amide bonds. The Balaban J connectivity index is 3.04. The van der Waals surface area contributed by atoms with E-state index in [4.69, 9.17) is 10.6 Å². The minimum Gasteiger partial charge on any atom is -0.478 e. The molecular weight excluding hydrogens is 204 g/mol. The molecule has 1 rings (SSSR count). The Labute approximate surface area is 83.2 Å². The summed E-state index contributed by atoms with van der Waals surface area (Å²) in [7, 11) is 0. The van der Waals surface area contributed by atoms with Gasteiger partial charge in [-0.3, -0.25) is 0 Å². The van der Waals surface area contributed by atoms with Crippen LogP contribution in [0.5, 0.6) is 0 Å². The number of aliphatic carboxylic acids is 1. The molecule has 0 radical (unpaired) electrons. The lowest BCUT2D eigenvalue weighted by Gasteiger charge is -1.89. The molecule has 0 fully saturated rings. The van der Waals surface area contributed by atoms with E-state index in [1.54, 1.807) is 6.92 Å². The number of aryl methyl sites for hydroxylation is 1. The van der Waals surface area contributed by atoms with E-state index in [0.717, 1.165) is 5.01 Å². The molecular formula is C7H6N4O2S. The molecule has 0 saturated carbocycles. The van der Waals surface area contributed by atoms with Gasteiger partial charge in [0.05, 0.1) is 5.01 Å². The van der Waals surface area contributed by atoms with Crippen molar-refractivity contribution in [3.8, 4) is 0 Å². The van der Waals surface area contributed by atoms with Crippen LogP contribution < -0.4 is 0 Å². The topological polar surface area (TPSA) is 99.0 Å². The first-order valence-electron chi connectivity index (χ1n) is 3.56. The number of nitrogens with zero attached hydrogens (tertiary/aromatic N) is 4. The molecule has 0 aromatic carbocycles. The van der Waals surface area contributed by atoms with E-state index in [1.165, 1.54) is 23.6 Å². The van der Waals surface area contributed by atoms with Crippen LogP contribution in [0.1, 0.15) is 9.88 Å². The Morgan fingerprint density at radius 2 is 2.57 bits per heavy atom. The molecule has 0 atom stereocenters. The second-order valence-corrected chi connectivity index (χ2v) is 3.57. The third kappa shape index (κ3) is 2.58. The van der Waals surface area contributed by atoms with Crippen molar-refractivity contribution in [3.63, 3.8) is 0 Å². The van der Waals surface area contributed by atoms with Gasteiger partial charge in [0, 0.05) is 16.0 Å². The quantitative estimate of drug-likeness (QED) is 0.358. The van der Waals surface area contributed by atoms with Gasteiger partial charge < -0.3 is 5.11 Å². The van der Waals surface area contributed by atoms with Crippen molar-refractivity contribution in [3.05, 3.63) is 32.2 Å². The van der Waals surface area contributed by atoms with E-state index in [9.17, 15) is 4.79 Å². The zero-order valence-electron chi connectivity index (χ0n) is 7.21. The Bertz CT molecular complexity index is 427. The van der Waals surface area contributed by atoms with Gasteiger partial charge in [0.25, 0.3) is 0 Å². The van der Waals surface area contributed by atoms with Crippen LogP contribution in [0.25, 0.3) is 16.5 Å². The lowest BCUT2D eigenvalue weighted by Crippen LogP contribution is -1.95. The third-order valence-electron chi connectivity index (χ3n) is 1.29. The molecule has 0 spiro atoms. The molecule has 0 aliphatic carbocycles. The summed E-state index contributed by atoms with van der Waals surface area (Å²) >= 11 is 1.33. The number of carboxylic acids is 1. The number of aromatic nitrogens is 1. The molecule has 0 aliphatic rings. The van der Waals surface area contributed by atoms with Gasteiger partial charge in [-0.15, -0.1) is 11.3 Å². The number of hydrogen-bond donors (Lipinski definition) is 1. The summed E-state index contributed by atoms with van der Waals surface area (Å²) < 4.78 is 0. The molecule has 1 N–H and O–H groups in total. The van der Waals surface area contributed by atoms with Crippen molar-refractivity contribution in [1.29, 1.82) is 0 Å². The van der Waals surface area contributed by atoms with E-state index in [2.05, 4.69) is 15.0 Å². The highest BCUT2D eigenvalue weighted by molar-refractivity contribution is 7.12. The Morgan fingerprint density at radius 1 is 1.86 bits per heavy atom. The Hall–Kier alpha value is -1.85. The highest BCUT2D eigenvalue weighted by Gasteiger charge is 2.05. The number of thiazole rings is 1. The largest absolute Gasteiger partial charge is 0.478 e. The summed E-state index contributed by atoms with van der Waals surface area (Å²) in [5.41, 5.74) is 7.77. The van der Waals surface area contributed by atoms with Crippen LogP contribution in [0.4, 0.5) is 0 Å². The van der Waals surface area contributed by atoms with Crippen LogP contribution >= 0.6 is 11.3 Å². The molecule has 1 heterocycles. The predicted molar refractivity (Wildman–Crippen MR) is 51.6 cm³/mol. The lowest BCUT2D eigenvalue weighted by molar-refractivity contribution is -0.132. The maximum absolute atomic E-state index is 10.6. The smallest absolute Gasteiger partial charge is 0.338 e. The van der Waals surface area contributed by atoms with Crippen LogP contribution in [0.15, 0.2) is 17.0 Å². The summed E-state index contributed by atoms with van der Waals surface area (Å²) in [5.74, 6) is -1.26. The van der Waals surface area contributed by atoms with E-state index < -0.39 is 5.97 Å². The van der Waals surface area contributed by atoms with Gasteiger partial charge in [0.2, 0.25) is 0 Å². The summed E-state index contributed by atoms with van der Waals surface area (Å²) in [5, 5.41) is 12.5. The maximum Gasteiger partial charge on any atom is 0.338 e. The average molecular weight is 210 g/mol. The van der Waals surface area contributed by atoms with Crippen molar-refractivity contribution >= 4 is 23.4 Å². The summed E-state index contributed by atoms with van der Waals surface area (Å²) in [6.45, 7) is 1.80. The summed E-state index contributed by atoms with van der Waals surface area (Å²) in [4.78, 5) is 17.6. The molecule has 72 valence electrons. The molecule has 1 aromatic heterocycles. The first-order chi connectivity index (χ1) is 6.63. The van der Waals surface area contributed by atoms with Crippen LogP contribution in [0.2, 0.25) is 0 Å². The molecule has 7 heteroatoms. The Morgan fingerprint density at radius 3 is 3.00 bits per heavy atom. The first kappa shape index (κ1) is 10.2. The standard InChI is InChI=1S/C7H6N4O2S/c1-4-9-3-5(14-4)2-6(7(12)13)10-11-8/h2-3H,1H3,(H,12,13)/b6-2-. The van der Waals surface area contributed by atoms with Crippen molar-refractivity contribution in [2.75, 3.05) is 0 Å². The van der Waals surface area contributed by atoms with Gasteiger partial charge in [0.15, 0.2) is 0 Å². The second-order valence-electron chi connectivity index (χ2n) is 2.31. The maximum atomic E-state index is 10.6. The van der Waals surface area contributed by atoms with Gasteiger partial charge in [-0.1, -0.05) is 5.11 Å². The summed E-state index contributed by atoms with van der Waals surface area (Å²) in [6.07, 6.45) is 2.81. The van der Waals surface area contributed by atoms with Crippen LogP contribution in [-0.2, 0) is 4.79 Å². The number of carboxylic acid groups (broad SMARTS) is 1. The van der Waals surface area contributed by atoms with Gasteiger partial charge in [-0.05, 0) is 18.5 Å². The minimum atomic E-state index is -1.26. The fraction of sp³-hybridized carbons (Fsp3) is 0.143. The monoisotopic (exact) mass is 210 g/mol. The fourth-order valence-corrected chi connectivity index (χ4v) is 1.48. The van der Waals surface area contributed by atoms with Crippen molar-refractivity contribution in [2.45, 2.75) is 6.92 Å². The second kappa shape index (κ2) is 4.40. The SMILES string of the molecule is Cc1ncc(/C=C(\N=[N+]=[N-])C(=O)O)s1. The molecule has 1 aromatic rings. The predicted octanol–water partition coefficient (Wildman–Crippen LogP) is 2.19. The van der Waals surface area contributed by atoms with Gasteiger partial charge in [-0.25, -0.2) is 9.78 Å². The molecule has 6 nitrogen and oxygen atoms in total. The highest BCUT2D eigenvalue weighted by Crippen LogP contribution is 2.16. The normalized spacial score (nSPS) is 10.8.